The van der Waals surface area contributed by atoms with Crippen molar-refractivity contribution in [2.24, 2.45) is 18.7 Å². The molecular formula is C12H21N5O3S. The van der Waals surface area contributed by atoms with Gasteiger partial charge in [-0.05, 0) is 32.6 Å². The van der Waals surface area contributed by atoms with Crippen LogP contribution in [0.1, 0.15) is 31.4 Å². The lowest BCUT2D eigenvalue weighted by Gasteiger charge is -2.27. The number of amides is 1. The van der Waals surface area contributed by atoms with Gasteiger partial charge in [0.15, 0.2) is 5.82 Å². The van der Waals surface area contributed by atoms with Crippen LogP contribution in [-0.2, 0) is 21.9 Å². The van der Waals surface area contributed by atoms with Crippen molar-refractivity contribution in [2.45, 2.75) is 43.5 Å². The van der Waals surface area contributed by atoms with Crippen molar-refractivity contribution in [3.8, 4) is 0 Å². The van der Waals surface area contributed by atoms with Crippen molar-refractivity contribution in [3.05, 3.63) is 5.69 Å². The van der Waals surface area contributed by atoms with E-state index in [1.54, 1.807) is 14.0 Å². The highest BCUT2D eigenvalue weighted by Crippen LogP contribution is 2.27. The summed E-state index contributed by atoms with van der Waals surface area (Å²) in [4.78, 5) is 11.1. The fraction of sp³-hybridized carbons (Fsp3) is 0.667. The number of aryl methyl sites for hydroxylation is 1. The molecular weight excluding hydrogens is 294 g/mol. The third-order valence-electron chi connectivity index (χ3n) is 4.02. The van der Waals surface area contributed by atoms with Gasteiger partial charge in [0, 0.05) is 19.0 Å². The molecule has 1 saturated carbocycles. The topological polar surface area (TPSA) is 133 Å². The Labute approximate surface area is 123 Å². The molecule has 8 nitrogen and oxygen atoms in total. The normalized spacial score (nSPS) is 23.1. The van der Waals surface area contributed by atoms with Gasteiger partial charge in [-0.2, -0.15) is 5.10 Å². The smallest absolute Gasteiger partial charge is 0.246 e. The van der Waals surface area contributed by atoms with Crippen LogP contribution >= 0.6 is 0 Å². The first kappa shape index (κ1) is 15.8. The third kappa shape index (κ3) is 3.18. The Bertz CT molecular complexity index is 644. The Morgan fingerprint density at radius 2 is 1.90 bits per heavy atom. The molecule has 1 amide bonds. The molecule has 0 unspecified atom stereocenters. The lowest BCUT2D eigenvalue weighted by molar-refractivity contribution is -0.122. The van der Waals surface area contributed by atoms with Crippen LogP contribution in [-0.4, -0.2) is 30.1 Å². The molecule has 1 heterocycles. The molecule has 9 heteroatoms. The largest absolute Gasteiger partial charge is 0.381 e. The van der Waals surface area contributed by atoms with Crippen LogP contribution in [0.25, 0.3) is 0 Å². The van der Waals surface area contributed by atoms with Gasteiger partial charge in [0.05, 0.1) is 5.69 Å². The van der Waals surface area contributed by atoms with E-state index in [9.17, 15) is 13.2 Å². The first-order valence-corrected chi connectivity index (χ1v) is 8.31. The van der Waals surface area contributed by atoms with E-state index in [-0.39, 0.29) is 28.6 Å². The number of nitrogens with one attached hydrogen (secondary N) is 1. The van der Waals surface area contributed by atoms with Gasteiger partial charge in [-0.3, -0.25) is 9.48 Å². The van der Waals surface area contributed by atoms with Crippen molar-refractivity contribution >= 4 is 21.7 Å². The second-order valence-corrected chi connectivity index (χ2v) is 7.15. The molecule has 0 aliphatic heterocycles. The molecule has 118 valence electrons. The van der Waals surface area contributed by atoms with Crippen molar-refractivity contribution in [1.82, 2.24) is 14.5 Å². The maximum absolute atomic E-state index is 12.4. The van der Waals surface area contributed by atoms with Crippen LogP contribution < -0.4 is 16.2 Å². The van der Waals surface area contributed by atoms with Crippen molar-refractivity contribution in [1.29, 1.82) is 0 Å². The minimum absolute atomic E-state index is 0.00618. The Kier molecular flexibility index (Phi) is 4.24. The number of sulfonamides is 1. The maximum atomic E-state index is 12.4. The van der Waals surface area contributed by atoms with Gasteiger partial charge in [0.25, 0.3) is 0 Å². The van der Waals surface area contributed by atoms with Gasteiger partial charge in [-0.15, -0.1) is 0 Å². The molecule has 0 bridgehead atoms. The van der Waals surface area contributed by atoms with Crippen LogP contribution in [0.2, 0.25) is 0 Å². The summed E-state index contributed by atoms with van der Waals surface area (Å²) in [6.45, 7) is 1.65. The number of carbonyl (C=O) groups excluding carboxylic acids is 1. The molecule has 1 aliphatic carbocycles. The Balaban J connectivity index is 2.11. The summed E-state index contributed by atoms with van der Waals surface area (Å²) < 4.78 is 29.0. The minimum atomic E-state index is -3.71. The number of hydrogen-bond donors (Lipinski definition) is 3. The summed E-state index contributed by atoms with van der Waals surface area (Å²) in [5.41, 5.74) is 11.4. The summed E-state index contributed by atoms with van der Waals surface area (Å²) in [6.07, 6.45) is 2.38. The molecule has 1 aromatic heterocycles. The number of nitrogens with two attached hydrogens (primary N) is 2. The number of rotatable bonds is 4. The number of nitrogens with zero attached hydrogens (tertiary/aromatic N) is 2. The predicted molar refractivity (Wildman–Crippen MR) is 77.6 cm³/mol. The standard InChI is InChI=1S/C12H21N5O3S/c1-7-10(11(13)15-17(7)2)21(19,20)16-9-5-3-8(4-6-9)12(14)18/h8-9,16H,3-6H2,1-2H3,(H2,13,15)(H2,14,18). The molecule has 0 saturated heterocycles. The summed E-state index contributed by atoms with van der Waals surface area (Å²) in [5.74, 6) is -0.479. The fourth-order valence-corrected chi connectivity index (χ4v) is 4.35. The molecule has 0 aromatic carbocycles. The monoisotopic (exact) mass is 315 g/mol. The second-order valence-electron chi connectivity index (χ2n) is 5.50. The maximum Gasteiger partial charge on any atom is 0.246 e. The van der Waals surface area contributed by atoms with Crippen LogP contribution in [0.4, 0.5) is 5.82 Å². The van der Waals surface area contributed by atoms with Gasteiger partial charge < -0.3 is 11.5 Å². The lowest BCUT2D eigenvalue weighted by Crippen LogP contribution is -2.40. The van der Waals surface area contributed by atoms with Crippen LogP contribution in [0.5, 0.6) is 0 Å². The highest BCUT2D eigenvalue weighted by Gasteiger charge is 2.31. The van der Waals surface area contributed by atoms with Crippen molar-refractivity contribution in [3.63, 3.8) is 0 Å². The van der Waals surface area contributed by atoms with Gasteiger partial charge in [0.2, 0.25) is 15.9 Å². The van der Waals surface area contributed by atoms with Gasteiger partial charge in [-0.25, -0.2) is 13.1 Å². The molecule has 1 fully saturated rings. The zero-order valence-corrected chi connectivity index (χ0v) is 13.0. The van der Waals surface area contributed by atoms with E-state index < -0.39 is 10.0 Å². The summed E-state index contributed by atoms with van der Waals surface area (Å²) >= 11 is 0. The number of carbonyl (C=O) groups is 1. The average Bonchev–Trinajstić information content (AvgIpc) is 2.63. The Hall–Kier alpha value is -1.61. The molecule has 0 spiro atoms. The first-order valence-electron chi connectivity index (χ1n) is 6.83. The van der Waals surface area contributed by atoms with Gasteiger partial charge in [-0.1, -0.05) is 0 Å². The highest BCUT2D eigenvalue weighted by atomic mass is 32.2. The SMILES string of the molecule is Cc1c(S(=O)(=O)NC2CCC(C(N)=O)CC2)c(N)nn1C. The highest BCUT2D eigenvalue weighted by molar-refractivity contribution is 7.89. The fourth-order valence-electron chi connectivity index (χ4n) is 2.72. The summed E-state index contributed by atoms with van der Waals surface area (Å²) in [5, 5.41) is 3.92. The number of primary amides is 1. The third-order valence-corrected chi connectivity index (χ3v) is 5.71. The van der Waals surface area contributed by atoms with E-state index in [1.807, 2.05) is 0 Å². The molecule has 5 N–H and O–H groups in total. The number of anilines is 1. The van der Waals surface area contributed by atoms with Crippen LogP contribution in [0.3, 0.4) is 0 Å². The second kappa shape index (κ2) is 5.64. The number of aromatic nitrogens is 2. The minimum Gasteiger partial charge on any atom is -0.381 e. The van der Waals surface area contributed by atoms with E-state index in [0.717, 1.165) is 0 Å². The molecule has 0 atom stereocenters. The zero-order valence-electron chi connectivity index (χ0n) is 12.2. The van der Waals surface area contributed by atoms with Gasteiger partial charge >= 0.3 is 0 Å². The Morgan fingerprint density at radius 3 is 2.33 bits per heavy atom. The van der Waals surface area contributed by atoms with Crippen LogP contribution in [0.15, 0.2) is 4.90 Å². The molecule has 0 radical (unpaired) electrons. The Morgan fingerprint density at radius 1 is 1.33 bits per heavy atom. The number of nitrogen functional groups attached to an aromatic ring is 1. The zero-order chi connectivity index (χ0) is 15.8. The molecule has 1 aromatic rings. The van der Waals surface area contributed by atoms with E-state index in [0.29, 0.717) is 31.4 Å². The predicted octanol–water partition coefficient (Wildman–Crippen LogP) is -0.367. The van der Waals surface area contributed by atoms with Crippen LogP contribution in [0, 0.1) is 12.8 Å². The van der Waals surface area contributed by atoms with Crippen molar-refractivity contribution in [2.75, 3.05) is 5.73 Å². The van der Waals surface area contributed by atoms with E-state index >= 15 is 0 Å². The van der Waals surface area contributed by atoms with E-state index in [4.69, 9.17) is 11.5 Å². The summed E-state index contributed by atoms with van der Waals surface area (Å²) in [7, 11) is -2.07. The van der Waals surface area contributed by atoms with E-state index in [1.165, 1.54) is 4.68 Å². The van der Waals surface area contributed by atoms with E-state index in [2.05, 4.69) is 9.82 Å². The average molecular weight is 315 g/mol. The van der Waals surface area contributed by atoms with Crippen molar-refractivity contribution < 1.29 is 13.2 Å². The molecule has 21 heavy (non-hydrogen) atoms. The quantitative estimate of drug-likeness (QED) is 0.697. The first-order chi connectivity index (χ1) is 9.72. The lowest BCUT2D eigenvalue weighted by atomic mass is 9.86. The number of hydrogen-bond acceptors (Lipinski definition) is 5. The molecule has 2 rings (SSSR count). The van der Waals surface area contributed by atoms with Gasteiger partial charge in [0.1, 0.15) is 4.90 Å². The summed E-state index contributed by atoms with van der Waals surface area (Å²) in [6, 6.07) is -0.204. The molecule has 1 aliphatic rings.